The average Bonchev–Trinajstić information content (AvgIpc) is 3.05. The highest BCUT2D eigenvalue weighted by Crippen LogP contribution is 2.15. The fourth-order valence-corrected chi connectivity index (χ4v) is 6.14. The molecule has 5 heteroatoms. The molecule has 0 aliphatic heterocycles. The molecule has 0 spiro atoms. The third-order valence-electron chi connectivity index (χ3n) is 9.07. The van der Waals surface area contributed by atoms with E-state index in [1.807, 2.05) is 6.07 Å². The average molecular weight is 644 g/mol. The third kappa shape index (κ3) is 28.3. The van der Waals surface area contributed by atoms with E-state index < -0.39 is 0 Å². The standard InChI is InChI=1S/C41H73NO4/c1-3-5-7-9-11-13-15-17-19-21-23-25-27-29-31-45-40(43)34-38-33-39(37-42-36-38)35-41(44)46-32-30-28-26-24-22-20-18-16-14-12-10-8-6-4-2/h33,36-37H,3-32,34-35H2,1-2H3. The van der Waals surface area contributed by atoms with E-state index in [2.05, 4.69) is 18.8 Å². The van der Waals surface area contributed by atoms with Crippen LogP contribution in [0.4, 0.5) is 0 Å². The number of hydrogen-bond donors (Lipinski definition) is 0. The largest absolute Gasteiger partial charge is 0.465 e. The van der Waals surface area contributed by atoms with Crippen LogP contribution in [0.2, 0.25) is 0 Å². The second-order valence-corrected chi connectivity index (χ2v) is 13.7. The van der Waals surface area contributed by atoms with E-state index in [1.165, 1.54) is 154 Å². The van der Waals surface area contributed by atoms with Gasteiger partial charge in [0.2, 0.25) is 0 Å². The first kappa shape index (κ1) is 42.1. The Labute approximate surface area is 284 Å². The summed E-state index contributed by atoms with van der Waals surface area (Å²) in [5.74, 6) is -0.456. The molecule has 0 bridgehead atoms. The number of carbonyl (C=O) groups is 2. The molecule has 1 heterocycles. The van der Waals surface area contributed by atoms with Crippen molar-refractivity contribution in [3.8, 4) is 0 Å². The van der Waals surface area contributed by atoms with Crippen LogP contribution in [-0.2, 0) is 31.9 Å². The molecule has 0 atom stereocenters. The molecule has 0 amide bonds. The molecule has 0 N–H and O–H groups in total. The first-order valence-electron chi connectivity index (χ1n) is 19.9. The monoisotopic (exact) mass is 644 g/mol. The molecule has 0 saturated heterocycles. The summed E-state index contributed by atoms with van der Waals surface area (Å²) in [4.78, 5) is 28.8. The summed E-state index contributed by atoms with van der Waals surface area (Å²) in [7, 11) is 0. The molecule has 0 fully saturated rings. The van der Waals surface area contributed by atoms with Gasteiger partial charge < -0.3 is 9.47 Å². The van der Waals surface area contributed by atoms with Crippen LogP contribution in [0, 0.1) is 0 Å². The highest BCUT2D eigenvalue weighted by Gasteiger charge is 2.09. The van der Waals surface area contributed by atoms with E-state index in [4.69, 9.17) is 9.47 Å². The quantitative estimate of drug-likeness (QED) is 0.0552. The SMILES string of the molecule is CCCCCCCCCCCCCCCCOC(=O)Cc1cncc(CC(=O)OCCCCCCCCCCCCCCCC)c1. The second-order valence-electron chi connectivity index (χ2n) is 13.7. The lowest BCUT2D eigenvalue weighted by atomic mass is 10.0. The summed E-state index contributed by atoms with van der Waals surface area (Å²) in [6.07, 6.45) is 40.4. The summed E-state index contributed by atoms with van der Waals surface area (Å²) in [6, 6.07) is 1.87. The zero-order chi connectivity index (χ0) is 33.2. The highest BCUT2D eigenvalue weighted by atomic mass is 16.5. The first-order chi connectivity index (χ1) is 22.7. The molecule has 1 aromatic heterocycles. The van der Waals surface area contributed by atoms with Gasteiger partial charge >= 0.3 is 11.9 Å². The molecule has 5 nitrogen and oxygen atoms in total. The summed E-state index contributed by atoms with van der Waals surface area (Å²) in [5.41, 5.74) is 1.56. The highest BCUT2D eigenvalue weighted by molar-refractivity contribution is 5.74. The number of rotatable bonds is 34. The lowest BCUT2D eigenvalue weighted by Crippen LogP contribution is -2.11. The zero-order valence-corrected chi connectivity index (χ0v) is 30.4. The number of hydrogen-bond acceptors (Lipinski definition) is 5. The number of ether oxygens (including phenoxy) is 2. The van der Waals surface area contributed by atoms with Gasteiger partial charge in [-0.3, -0.25) is 14.6 Å². The predicted octanol–water partition coefficient (Wildman–Crippen LogP) is 12.2. The fourth-order valence-electron chi connectivity index (χ4n) is 6.14. The third-order valence-corrected chi connectivity index (χ3v) is 9.07. The van der Waals surface area contributed by atoms with Crippen LogP contribution in [0.25, 0.3) is 0 Å². The van der Waals surface area contributed by atoms with Crippen molar-refractivity contribution >= 4 is 11.9 Å². The smallest absolute Gasteiger partial charge is 0.310 e. The number of carbonyl (C=O) groups excluding carboxylic acids is 2. The number of unbranched alkanes of at least 4 members (excludes halogenated alkanes) is 26. The van der Waals surface area contributed by atoms with Crippen LogP contribution in [-0.4, -0.2) is 30.1 Å². The van der Waals surface area contributed by atoms with Gasteiger partial charge in [0, 0.05) is 12.4 Å². The lowest BCUT2D eigenvalue weighted by molar-refractivity contribution is -0.143. The Bertz CT molecular complexity index is 763. The Balaban J connectivity index is 1.96. The molecule has 0 aromatic carbocycles. The maximum absolute atomic E-state index is 12.3. The first-order valence-corrected chi connectivity index (χ1v) is 19.9. The van der Waals surface area contributed by atoms with Crippen molar-refractivity contribution in [2.45, 2.75) is 206 Å². The summed E-state index contributed by atoms with van der Waals surface area (Å²) >= 11 is 0. The molecule has 0 radical (unpaired) electrons. The van der Waals surface area contributed by atoms with Crippen molar-refractivity contribution in [3.05, 3.63) is 29.6 Å². The molecular weight excluding hydrogens is 570 g/mol. The lowest BCUT2D eigenvalue weighted by Gasteiger charge is -2.07. The number of nitrogens with zero attached hydrogens (tertiary/aromatic N) is 1. The van der Waals surface area contributed by atoms with E-state index in [0.717, 1.165) is 36.8 Å². The van der Waals surface area contributed by atoms with Crippen LogP contribution in [0.3, 0.4) is 0 Å². The number of aromatic nitrogens is 1. The van der Waals surface area contributed by atoms with E-state index in [0.29, 0.717) is 13.2 Å². The zero-order valence-electron chi connectivity index (χ0n) is 30.4. The van der Waals surface area contributed by atoms with Crippen LogP contribution in [0.15, 0.2) is 18.5 Å². The van der Waals surface area contributed by atoms with Crippen LogP contribution in [0.1, 0.15) is 205 Å². The van der Waals surface area contributed by atoms with Crippen molar-refractivity contribution in [1.82, 2.24) is 4.98 Å². The summed E-state index contributed by atoms with van der Waals surface area (Å²) < 4.78 is 10.9. The summed E-state index contributed by atoms with van der Waals surface area (Å²) in [5, 5.41) is 0. The minimum absolute atomic E-state index is 0.188. The normalized spacial score (nSPS) is 11.2. The van der Waals surface area contributed by atoms with Gasteiger partial charge in [0.15, 0.2) is 0 Å². The minimum atomic E-state index is -0.228. The van der Waals surface area contributed by atoms with E-state index in [-0.39, 0.29) is 24.8 Å². The molecule has 1 aromatic rings. The van der Waals surface area contributed by atoms with Gasteiger partial charge in [0.05, 0.1) is 26.1 Å². The van der Waals surface area contributed by atoms with Gasteiger partial charge in [-0.15, -0.1) is 0 Å². The number of esters is 2. The van der Waals surface area contributed by atoms with Gasteiger partial charge in [-0.2, -0.15) is 0 Å². The van der Waals surface area contributed by atoms with Crippen LogP contribution in [0.5, 0.6) is 0 Å². The Morgan fingerprint density at radius 1 is 0.435 bits per heavy atom. The predicted molar refractivity (Wildman–Crippen MR) is 194 cm³/mol. The molecule has 46 heavy (non-hydrogen) atoms. The van der Waals surface area contributed by atoms with Crippen molar-refractivity contribution in [3.63, 3.8) is 0 Å². The maximum Gasteiger partial charge on any atom is 0.310 e. The van der Waals surface area contributed by atoms with Gasteiger partial charge in [0.1, 0.15) is 0 Å². The van der Waals surface area contributed by atoms with Gasteiger partial charge in [-0.05, 0) is 24.0 Å². The Morgan fingerprint density at radius 2 is 0.696 bits per heavy atom. The Kier molecular flexibility index (Phi) is 30.2. The fraction of sp³-hybridized carbons (Fsp3) is 0.829. The topological polar surface area (TPSA) is 65.5 Å². The molecule has 0 unspecified atom stereocenters. The molecule has 0 saturated carbocycles. The Hall–Kier alpha value is -1.91. The van der Waals surface area contributed by atoms with Crippen molar-refractivity contribution in [1.29, 1.82) is 0 Å². The van der Waals surface area contributed by atoms with Crippen molar-refractivity contribution < 1.29 is 19.1 Å². The van der Waals surface area contributed by atoms with Crippen LogP contribution >= 0.6 is 0 Å². The molecule has 266 valence electrons. The van der Waals surface area contributed by atoms with Crippen molar-refractivity contribution in [2.24, 2.45) is 0 Å². The van der Waals surface area contributed by atoms with Gasteiger partial charge in [-0.25, -0.2) is 0 Å². The number of pyridine rings is 1. The van der Waals surface area contributed by atoms with E-state index >= 15 is 0 Å². The van der Waals surface area contributed by atoms with Crippen LogP contribution < -0.4 is 0 Å². The summed E-state index contributed by atoms with van der Waals surface area (Å²) in [6.45, 7) is 5.51. The van der Waals surface area contributed by atoms with E-state index in [1.54, 1.807) is 12.4 Å². The Morgan fingerprint density at radius 3 is 0.978 bits per heavy atom. The van der Waals surface area contributed by atoms with Crippen molar-refractivity contribution in [2.75, 3.05) is 13.2 Å². The maximum atomic E-state index is 12.3. The molecular formula is C41H73NO4. The van der Waals surface area contributed by atoms with E-state index in [9.17, 15) is 9.59 Å². The molecule has 0 aliphatic carbocycles. The molecule has 1 rings (SSSR count). The van der Waals surface area contributed by atoms with Gasteiger partial charge in [-0.1, -0.05) is 187 Å². The molecule has 0 aliphatic rings. The minimum Gasteiger partial charge on any atom is -0.465 e. The second kappa shape index (κ2) is 33.0. The van der Waals surface area contributed by atoms with Gasteiger partial charge in [0.25, 0.3) is 0 Å².